The van der Waals surface area contributed by atoms with Gasteiger partial charge in [0.2, 0.25) is 0 Å². The summed E-state index contributed by atoms with van der Waals surface area (Å²) in [6.45, 7) is 0. The molecule has 6 unspecified atom stereocenters. The maximum Gasteiger partial charge on any atom is 1.00 e. The molecule has 180 valence electrons. The van der Waals surface area contributed by atoms with Gasteiger partial charge in [-0.15, -0.1) is 0 Å². The molecule has 0 aromatic heterocycles. The second-order valence-electron chi connectivity index (χ2n) is 4.70. The molecule has 12 N–H and O–H groups in total. The van der Waals surface area contributed by atoms with Gasteiger partial charge in [-0.3, -0.25) is 0 Å². The van der Waals surface area contributed by atoms with E-state index in [-0.39, 0.29) is 93.0 Å². The number of rotatable bonds is 9. The van der Waals surface area contributed by atoms with Gasteiger partial charge < -0.3 is 65.6 Å². The van der Waals surface area contributed by atoms with Crippen LogP contribution in [0.1, 0.15) is 4.28 Å². The fourth-order valence-electron chi connectivity index (χ4n) is 0.810. The Bertz CT molecular complexity index is 516. The zero-order chi connectivity index (χ0) is 24.9. The van der Waals surface area contributed by atoms with Gasteiger partial charge in [0.1, 0.15) is 0 Å². The van der Waals surface area contributed by atoms with Crippen molar-refractivity contribution in [3.05, 3.63) is 0 Å². The molecule has 0 saturated carbocycles. The van der Waals surface area contributed by atoms with Crippen LogP contribution in [-0.4, -0.2) is 134 Å². The molecule has 0 bridgehead atoms. The van der Waals surface area contributed by atoms with Crippen LogP contribution in [0.15, 0.2) is 0 Å². The van der Waals surface area contributed by atoms with E-state index in [1.165, 1.54) is 0 Å². The Balaban J connectivity index is -0.0000000401. The van der Waals surface area contributed by atoms with Crippen LogP contribution in [0.3, 0.4) is 0 Å². The predicted octanol–water partition coefficient (Wildman–Crippen LogP) is -15.0. The van der Waals surface area contributed by atoms with Gasteiger partial charge in [0.15, 0.2) is 36.6 Å². The average Bonchev–Trinajstić information content (AvgIpc) is 2.64. The molecule has 0 aliphatic carbocycles. The van der Waals surface area contributed by atoms with Gasteiger partial charge in [-0.25, -0.2) is 28.8 Å². The molecule has 0 heterocycles. The van der Waals surface area contributed by atoms with Gasteiger partial charge >= 0.3 is 124 Å². The molecule has 0 spiro atoms. The van der Waals surface area contributed by atoms with E-state index in [2.05, 4.69) is 0 Å². The number of aliphatic hydroxyl groups is 6. The molecular weight excluding hydrogens is 501 g/mol. The van der Waals surface area contributed by atoms with Crippen LogP contribution < -0.4 is 88.7 Å². The summed E-state index contributed by atoms with van der Waals surface area (Å²) in [5.41, 5.74) is 0. The molecule has 0 aliphatic heterocycles. The summed E-state index contributed by atoms with van der Waals surface area (Å²) in [5, 5.41) is 97.6. The van der Waals surface area contributed by atoms with E-state index in [9.17, 15) is 28.8 Å². The molecule has 0 saturated heterocycles. The van der Waals surface area contributed by atoms with Crippen LogP contribution in [-0.2, 0) is 28.8 Å². The summed E-state index contributed by atoms with van der Waals surface area (Å²) in [4.78, 5) is 58.6. The largest absolute Gasteiger partial charge is 1.00 e. The van der Waals surface area contributed by atoms with Crippen LogP contribution in [0.5, 0.6) is 0 Å². The summed E-state index contributed by atoms with van der Waals surface area (Å²) < 4.78 is 0. The molecule has 0 radical (unpaired) electrons. The van der Waals surface area contributed by atoms with Crippen LogP contribution >= 0.6 is 0 Å². The van der Waals surface area contributed by atoms with Crippen LogP contribution in [0.4, 0.5) is 0 Å². The summed E-state index contributed by atoms with van der Waals surface area (Å²) >= 11 is 0. The number of carboxylic acid groups (broad SMARTS) is 6. The molecule has 18 nitrogen and oxygen atoms in total. The minimum Gasteiger partial charge on any atom is -1.00 e. The zero-order valence-corrected chi connectivity index (χ0v) is 23.3. The molecule has 21 heteroatoms. The van der Waals surface area contributed by atoms with Crippen molar-refractivity contribution in [2.24, 2.45) is 0 Å². The van der Waals surface area contributed by atoms with Gasteiger partial charge in [0.05, 0.1) is 0 Å². The SMILES string of the molecule is O=C(O)C(O)C(O)C(=O)O.O=C(O)C(O)C(O)C(=O)O.O=C(O)C(O)C(O)C(=O)O.[H-].[H-].[H-].[Na+].[Na+].[Na+]. The molecule has 0 aliphatic rings. The Morgan fingerprint density at radius 1 is 0.333 bits per heavy atom. The predicted molar refractivity (Wildman–Crippen MR) is 85.2 cm³/mol. The maximum absolute atomic E-state index is 9.77. The number of carbonyl (C=O) groups is 6. The van der Waals surface area contributed by atoms with Crippen molar-refractivity contribution < 1.29 is 183 Å². The molecule has 0 rings (SSSR count). The van der Waals surface area contributed by atoms with Crippen molar-refractivity contribution in [3.8, 4) is 0 Å². The van der Waals surface area contributed by atoms with E-state index < -0.39 is 72.4 Å². The monoisotopic (exact) mass is 522 g/mol. The Labute approximate surface area is 253 Å². The third kappa shape index (κ3) is 21.8. The molecular formula is C12H21Na3O18. The van der Waals surface area contributed by atoms with Gasteiger partial charge in [0.25, 0.3) is 0 Å². The van der Waals surface area contributed by atoms with Gasteiger partial charge in [0, 0.05) is 0 Å². The molecule has 0 aromatic carbocycles. The normalized spacial score (nSPS) is 14.4. The van der Waals surface area contributed by atoms with Gasteiger partial charge in [-0.2, -0.15) is 0 Å². The van der Waals surface area contributed by atoms with Crippen LogP contribution in [0.2, 0.25) is 0 Å². The summed E-state index contributed by atoms with van der Waals surface area (Å²) in [6.07, 6.45) is -13.6. The fraction of sp³-hybridized carbons (Fsp3) is 0.500. The molecule has 0 aromatic rings. The van der Waals surface area contributed by atoms with Gasteiger partial charge in [-0.05, 0) is 0 Å². The number of carboxylic acids is 6. The Morgan fingerprint density at radius 2 is 0.394 bits per heavy atom. The van der Waals surface area contributed by atoms with Crippen LogP contribution in [0.25, 0.3) is 0 Å². The Kier molecular flexibility index (Phi) is 32.5. The van der Waals surface area contributed by atoms with E-state index in [0.717, 1.165) is 0 Å². The molecule has 0 amide bonds. The number of aliphatic hydroxyl groups excluding tert-OH is 6. The van der Waals surface area contributed by atoms with E-state index in [1.807, 2.05) is 0 Å². The first-order valence-electron chi connectivity index (χ1n) is 6.85. The van der Waals surface area contributed by atoms with Crippen molar-refractivity contribution in [1.29, 1.82) is 0 Å². The first-order chi connectivity index (χ1) is 13.4. The first kappa shape index (κ1) is 46.0. The number of aliphatic carboxylic acids is 6. The second-order valence-corrected chi connectivity index (χ2v) is 4.70. The minimum absolute atomic E-state index is 0. The average molecular weight is 522 g/mol. The fourth-order valence-corrected chi connectivity index (χ4v) is 0.810. The first-order valence-corrected chi connectivity index (χ1v) is 6.85. The third-order valence-electron chi connectivity index (χ3n) is 2.42. The Morgan fingerprint density at radius 3 is 0.424 bits per heavy atom. The van der Waals surface area contributed by atoms with Crippen molar-refractivity contribution in [1.82, 2.24) is 0 Å². The van der Waals surface area contributed by atoms with Crippen LogP contribution in [0, 0.1) is 0 Å². The summed E-state index contributed by atoms with van der Waals surface area (Å²) in [6, 6.07) is 0. The smallest absolute Gasteiger partial charge is 1.00 e. The van der Waals surface area contributed by atoms with E-state index in [0.29, 0.717) is 0 Å². The minimum atomic E-state index is -2.27. The topological polar surface area (TPSA) is 345 Å². The second kappa shape index (κ2) is 23.3. The Hall–Kier alpha value is -0.420. The zero-order valence-electron chi connectivity index (χ0n) is 20.3. The van der Waals surface area contributed by atoms with E-state index in [1.54, 1.807) is 0 Å². The number of hydrogen-bond acceptors (Lipinski definition) is 12. The summed E-state index contributed by atoms with van der Waals surface area (Å²) in [5.74, 6) is -10.6. The molecule has 6 atom stereocenters. The quantitative estimate of drug-likeness (QED) is 0.125. The maximum atomic E-state index is 9.77. The van der Waals surface area contributed by atoms with Crippen molar-refractivity contribution in [2.45, 2.75) is 36.6 Å². The standard InChI is InChI=1S/3C4H6O6.3Na.3H/c3*5-1(3(7)8)2(6)4(9)10;;;;;;/h3*1-2,5-6H,(H,7,8)(H,9,10);;;;;;/q;;;3*+1;3*-1. The van der Waals surface area contributed by atoms with Gasteiger partial charge in [-0.1, -0.05) is 0 Å². The summed E-state index contributed by atoms with van der Waals surface area (Å²) in [7, 11) is 0. The number of hydrogen-bond donors (Lipinski definition) is 12. The molecule has 33 heavy (non-hydrogen) atoms. The van der Waals surface area contributed by atoms with E-state index in [4.69, 9.17) is 61.3 Å². The van der Waals surface area contributed by atoms with Crippen molar-refractivity contribution in [3.63, 3.8) is 0 Å². The third-order valence-corrected chi connectivity index (χ3v) is 2.42. The molecule has 0 fully saturated rings. The van der Waals surface area contributed by atoms with Crippen molar-refractivity contribution >= 4 is 35.8 Å². The van der Waals surface area contributed by atoms with E-state index >= 15 is 0 Å². The van der Waals surface area contributed by atoms with Crippen molar-refractivity contribution in [2.75, 3.05) is 0 Å².